The molecule has 2 rings (SSSR count). The van der Waals surface area contributed by atoms with E-state index in [1.807, 2.05) is 30.3 Å². The van der Waals surface area contributed by atoms with E-state index < -0.39 is 16.4 Å². The third-order valence-corrected chi connectivity index (χ3v) is 3.95. The van der Waals surface area contributed by atoms with Crippen LogP contribution in [0.3, 0.4) is 0 Å². The first-order valence-corrected chi connectivity index (χ1v) is 8.03. The van der Waals surface area contributed by atoms with E-state index in [4.69, 9.17) is 4.74 Å². The van der Waals surface area contributed by atoms with Crippen molar-refractivity contribution in [3.8, 4) is 0 Å². The second-order valence-electron chi connectivity index (χ2n) is 5.79. The third-order valence-electron chi connectivity index (χ3n) is 3.95. The minimum absolute atomic E-state index is 0.00562. The number of non-ortho nitro benzene ring substituents is 1. The van der Waals surface area contributed by atoms with E-state index in [9.17, 15) is 14.9 Å². The number of rotatable bonds is 8. The first-order chi connectivity index (χ1) is 12.5. The van der Waals surface area contributed by atoms with Gasteiger partial charge in [-0.25, -0.2) is 4.79 Å². The number of aliphatic imine (C=N–C) groups is 1. The summed E-state index contributed by atoms with van der Waals surface area (Å²) in [7, 11) is 1.31. The Kier molecular flexibility index (Phi) is 6.38. The number of benzene rings is 2. The first-order valence-electron chi connectivity index (χ1n) is 8.03. The maximum Gasteiger partial charge on any atom is 0.334 e. The quantitative estimate of drug-likeness (QED) is 0.238. The molecule has 0 amide bonds. The van der Waals surface area contributed by atoms with Crippen LogP contribution in [0.15, 0.2) is 72.2 Å². The van der Waals surface area contributed by atoms with Gasteiger partial charge in [0.15, 0.2) is 5.54 Å². The van der Waals surface area contributed by atoms with Gasteiger partial charge in [-0.15, -0.1) is 6.58 Å². The van der Waals surface area contributed by atoms with Crippen molar-refractivity contribution in [1.82, 2.24) is 0 Å². The van der Waals surface area contributed by atoms with Gasteiger partial charge in [-0.2, -0.15) is 0 Å². The summed E-state index contributed by atoms with van der Waals surface area (Å²) in [6.45, 7) is 3.73. The Bertz CT molecular complexity index is 800. The minimum Gasteiger partial charge on any atom is -0.467 e. The van der Waals surface area contributed by atoms with E-state index in [0.717, 1.165) is 11.1 Å². The molecule has 6 nitrogen and oxygen atoms in total. The Balaban J connectivity index is 2.38. The summed E-state index contributed by atoms with van der Waals surface area (Å²) in [5, 5.41) is 10.8. The lowest BCUT2D eigenvalue weighted by Crippen LogP contribution is -2.40. The van der Waals surface area contributed by atoms with Crippen molar-refractivity contribution in [2.24, 2.45) is 4.99 Å². The van der Waals surface area contributed by atoms with Crippen LogP contribution in [0.1, 0.15) is 17.5 Å². The Hall–Kier alpha value is -3.28. The molecule has 2 aromatic carbocycles. The molecule has 0 aliphatic carbocycles. The molecule has 6 heteroatoms. The Morgan fingerprint density at radius 3 is 2.42 bits per heavy atom. The fraction of sp³-hybridized carbons (Fsp3) is 0.200. The monoisotopic (exact) mass is 352 g/mol. The molecule has 0 fully saturated rings. The molecule has 0 aliphatic heterocycles. The van der Waals surface area contributed by atoms with Gasteiger partial charge in [-0.3, -0.25) is 15.1 Å². The standard InChI is InChI=1S/C20H20N2O4/c1-3-13-20(19(23)26-2,21-15-17-7-5-4-6-8-17)14-16-9-11-18(12-10-16)22(24)25/h3-12,15H,1,13-14H2,2H3. The lowest BCUT2D eigenvalue weighted by molar-refractivity contribution is -0.384. The van der Waals surface area contributed by atoms with Crippen molar-refractivity contribution in [3.05, 3.63) is 88.5 Å². The van der Waals surface area contributed by atoms with Gasteiger partial charge in [0.25, 0.3) is 5.69 Å². The lowest BCUT2D eigenvalue weighted by Gasteiger charge is -2.26. The number of ether oxygens (including phenoxy) is 1. The number of hydrogen-bond donors (Lipinski definition) is 0. The fourth-order valence-electron chi connectivity index (χ4n) is 2.62. The van der Waals surface area contributed by atoms with Crippen LogP contribution in [0.25, 0.3) is 0 Å². The summed E-state index contributed by atoms with van der Waals surface area (Å²) >= 11 is 0. The molecule has 1 atom stereocenters. The zero-order valence-electron chi connectivity index (χ0n) is 14.5. The molecular weight excluding hydrogens is 332 g/mol. The molecule has 0 saturated heterocycles. The first kappa shape index (κ1) is 19.1. The van der Waals surface area contributed by atoms with Crippen molar-refractivity contribution in [2.75, 3.05) is 7.11 Å². The van der Waals surface area contributed by atoms with Crippen LogP contribution in [0.2, 0.25) is 0 Å². The predicted octanol–water partition coefficient (Wildman–Crippen LogP) is 3.74. The summed E-state index contributed by atoms with van der Waals surface area (Å²) in [4.78, 5) is 27.4. The largest absolute Gasteiger partial charge is 0.467 e. The molecule has 0 spiro atoms. The Morgan fingerprint density at radius 2 is 1.88 bits per heavy atom. The maximum absolute atomic E-state index is 12.5. The summed E-state index contributed by atoms with van der Waals surface area (Å²) in [6, 6.07) is 15.5. The maximum atomic E-state index is 12.5. The van der Waals surface area contributed by atoms with E-state index in [0.29, 0.717) is 0 Å². The number of carbonyl (C=O) groups is 1. The number of hydrogen-bond acceptors (Lipinski definition) is 5. The van der Waals surface area contributed by atoms with E-state index in [1.165, 1.54) is 19.2 Å². The predicted molar refractivity (Wildman–Crippen MR) is 100 cm³/mol. The van der Waals surface area contributed by atoms with Gasteiger partial charge in [0.1, 0.15) is 0 Å². The van der Waals surface area contributed by atoms with Crippen LogP contribution in [-0.4, -0.2) is 29.8 Å². The van der Waals surface area contributed by atoms with Crippen molar-refractivity contribution in [3.63, 3.8) is 0 Å². The third kappa shape index (κ3) is 4.63. The highest BCUT2D eigenvalue weighted by Gasteiger charge is 2.38. The van der Waals surface area contributed by atoms with Gasteiger partial charge in [0, 0.05) is 31.2 Å². The molecular formula is C20H20N2O4. The summed E-state index contributed by atoms with van der Waals surface area (Å²) in [5.41, 5.74) is 0.415. The smallest absolute Gasteiger partial charge is 0.334 e. The van der Waals surface area contributed by atoms with Crippen molar-refractivity contribution < 1.29 is 14.5 Å². The Labute approximate surface area is 152 Å². The molecule has 0 aromatic heterocycles. The molecule has 1 unspecified atom stereocenters. The molecule has 0 bridgehead atoms. The number of carbonyl (C=O) groups excluding carboxylic acids is 1. The molecule has 2 aromatic rings. The number of nitrogens with zero attached hydrogens (tertiary/aromatic N) is 2. The fourth-order valence-corrected chi connectivity index (χ4v) is 2.62. The van der Waals surface area contributed by atoms with Crippen molar-refractivity contribution >= 4 is 17.9 Å². The molecule has 0 N–H and O–H groups in total. The number of nitro benzene ring substituents is 1. The van der Waals surface area contributed by atoms with Crippen molar-refractivity contribution in [2.45, 2.75) is 18.4 Å². The van der Waals surface area contributed by atoms with Gasteiger partial charge in [-0.1, -0.05) is 48.5 Å². The highest BCUT2D eigenvalue weighted by Crippen LogP contribution is 2.26. The number of methoxy groups -OCH3 is 1. The SMILES string of the molecule is C=CCC(Cc1ccc([N+](=O)[O-])cc1)(N=Cc1ccccc1)C(=O)OC. The van der Waals surface area contributed by atoms with Crippen LogP contribution in [0, 0.1) is 10.1 Å². The van der Waals surface area contributed by atoms with E-state index >= 15 is 0 Å². The zero-order chi connectivity index (χ0) is 19.0. The molecule has 0 heterocycles. The molecule has 0 saturated carbocycles. The topological polar surface area (TPSA) is 81.8 Å². The lowest BCUT2D eigenvalue weighted by atomic mass is 9.88. The minimum atomic E-state index is -1.18. The second kappa shape index (κ2) is 8.71. The van der Waals surface area contributed by atoms with Gasteiger partial charge in [0.2, 0.25) is 0 Å². The van der Waals surface area contributed by atoms with Gasteiger partial charge < -0.3 is 4.74 Å². The van der Waals surface area contributed by atoms with Crippen LogP contribution in [0.4, 0.5) is 5.69 Å². The highest BCUT2D eigenvalue weighted by atomic mass is 16.6. The molecule has 26 heavy (non-hydrogen) atoms. The average Bonchev–Trinajstić information content (AvgIpc) is 2.67. The van der Waals surface area contributed by atoms with Gasteiger partial charge >= 0.3 is 5.97 Å². The van der Waals surface area contributed by atoms with Crippen LogP contribution < -0.4 is 0 Å². The molecule has 134 valence electrons. The second-order valence-corrected chi connectivity index (χ2v) is 5.79. The summed E-state index contributed by atoms with van der Waals surface area (Å²) in [5.74, 6) is -0.483. The van der Waals surface area contributed by atoms with Crippen LogP contribution in [0.5, 0.6) is 0 Å². The zero-order valence-corrected chi connectivity index (χ0v) is 14.5. The van der Waals surface area contributed by atoms with E-state index in [-0.39, 0.29) is 18.5 Å². The van der Waals surface area contributed by atoms with E-state index in [1.54, 1.807) is 24.4 Å². The molecule has 0 aliphatic rings. The number of nitro groups is 1. The van der Waals surface area contributed by atoms with E-state index in [2.05, 4.69) is 11.6 Å². The van der Waals surface area contributed by atoms with Crippen molar-refractivity contribution in [1.29, 1.82) is 0 Å². The Morgan fingerprint density at radius 1 is 1.23 bits per heavy atom. The normalized spacial score (nSPS) is 13.1. The summed E-state index contributed by atoms with van der Waals surface area (Å²) in [6.07, 6.45) is 3.77. The van der Waals surface area contributed by atoms with Crippen LogP contribution in [-0.2, 0) is 16.0 Å². The van der Waals surface area contributed by atoms with Gasteiger partial charge in [0.05, 0.1) is 12.0 Å². The van der Waals surface area contributed by atoms with Gasteiger partial charge in [-0.05, 0) is 11.1 Å². The molecule has 0 radical (unpaired) electrons. The number of esters is 1. The highest BCUT2D eigenvalue weighted by molar-refractivity contribution is 5.87. The average molecular weight is 352 g/mol. The summed E-state index contributed by atoms with van der Waals surface area (Å²) < 4.78 is 4.98. The van der Waals surface area contributed by atoms with Crippen LogP contribution >= 0.6 is 0 Å².